The summed E-state index contributed by atoms with van der Waals surface area (Å²) < 4.78 is 5.26. The maximum atomic E-state index is 13.0. The molecule has 0 N–H and O–H groups in total. The van der Waals surface area contributed by atoms with E-state index in [1.807, 2.05) is 15.9 Å². The third-order valence-electron chi connectivity index (χ3n) is 6.74. The van der Waals surface area contributed by atoms with Gasteiger partial charge in [0.2, 0.25) is 11.8 Å². The highest BCUT2D eigenvalue weighted by atomic mass is 16.5. The number of benzene rings is 1. The summed E-state index contributed by atoms with van der Waals surface area (Å²) in [5.41, 5.74) is 1.82. The van der Waals surface area contributed by atoms with Crippen LogP contribution in [0.25, 0.3) is 0 Å². The van der Waals surface area contributed by atoms with Crippen molar-refractivity contribution in [1.29, 1.82) is 0 Å². The van der Waals surface area contributed by atoms with Crippen LogP contribution in [-0.2, 0) is 11.3 Å². The average Bonchev–Trinajstić information content (AvgIpc) is 2.88. The third-order valence-corrected chi connectivity index (χ3v) is 6.74. The second-order valence-corrected chi connectivity index (χ2v) is 9.00. The molecule has 0 aliphatic carbocycles. The molecule has 0 bridgehead atoms. The first kappa shape index (κ1) is 23.2. The summed E-state index contributed by atoms with van der Waals surface area (Å²) in [6.07, 6.45) is 5.04. The van der Waals surface area contributed by atoms with E-state index in [4.69, 9.17) is 4.74 Å². The molecule has 0 radical (unpaired) electrons. The maximum Gasteiger partial charge on any atom is 0.259 e. The van der Waals surface area contributed by atoms with Gasteiger partial charge in [0.15, 0.2) is 0 Å². The van der Waals surface area contributed by atoms with E-state index in [-0.39, 0.29) is 11.8 Å². The largest absolute Gasteiger partial charge is 0.480 e. The van der Waals surface area contributed by atoms with Crippen LogP contribution in [0, 0.1) is 5.92 Å². The number of pyridine rings is 1. The zero-order valence-electron chi connectivity index (χ0n) is 19.5. The van der Waals surface area contributed by atoms with Gasteiger partial charge in [-0.15, -0.1) is 0 Å². The van der Waals surface area contributed by atoms with Gasteiger partial charge in [0.1, 0.15) is 5.56 Å². The van der Waals surface area contributed by atoms with Crippen LogP contribution >= 0.6 is 0 Å². The highest BCUT2D eigenvalue weighted by Gasteiger charge is 2.28. The molecule has 2 aliphatic heterocycles. The quantitative estimate of drug-likeness (QED) is 0.649. The van der Waals surface area contributed by atoms with Gasteiger partial charge in [-0.1, -0.05) is 30.3 Å². The molecule has 7 nitrogen and oxygen atoms in total. The van der Waals surface area contributed by atoms with E-state index in [0.717, 1.165) is 58.5 Å². The van der Waals surface area contributed by atoms with Crippen molar-refractivity contribution in [1.82, 2.24) is 19.7 Å². The van der Waals surface area contributed by atoms with Gasteiger partial charge in [-0.3, -0.25) is 14.5 Å². The van der Waals surface area contributed by atoms with Crippen LogP contribution in [0.15, 0.2) is 48.7 Å². The normalized spacial score (nSPS) is 19.4. The van der Waals surface area contributed by atoms with Gasteiger partial charge in [-0.2, -0.15) is 0 Å². The molecule has 0 spiro atoms. The lowest BCUT2D eigenvalue weighted by Gasteiger charge is -2.36. The lowest BCUT2D eigenvalue weighted by molar-refractivity contribution is -0.133. The molecule has 1 aromatic heterocycles. The summed E-state index contributed by atoms with van der Waals surface area (Å²) in [7, 11) is 1.53. The Morgan fingerprint density at radius 3 is 2.55 bits per heavy atom. The zero-order valence-corrected chi connectivity index (χ0v) is 19.5. The van der Waals surface area contributed by atoms with Crippen LogP contribution in [0.2, 0.25) is 0 Å². The Hall–Kier alpha value is -2.93. The average molecular weight is 451 g/mol. The van der Waals surface area contributed by atoms with E-state index in [0.29, 0.717) is 30.3 Å². The predicted octanol–water partition coefficient (Wildman–Crippen LogP) is 3.07. The Bertz CT molecular complexity index is 928. The molecule has 0 saturated carbocycles. The summed E-state index contributed by atoms with van der Waals surface area (Å²) in [4.78, 5) is 36.3. The number of aromatic nitrogens is 1. The standard InChI is InChI=1S/C26H34N4O3/c1-33-25-23(10-5-13-27-25)26(32)30-14-6-9-22(20-30)11-12-24(31)29-17-15-28(16-18-29)19-21-7-3-2-4-8-21/h2-5,7-8,10,13,22H,6,9,11-12,14-20H2,1H3. The molecule has 4 rings (SSSR count). The monoisotopic (exact) mass is 450 g/mol. The lowest BCUT2D eigenvalue weighted by atomic mass is 9.92. The van der Waals surface area contributed by atoms with Crippen LogP contribution in [-0.4, -0.2) is 77.9 Å². The van der Waals surface area contributed by atoms with E-state index in [1.165, 1.54) is 12.7 Å². The smallest absolute Gasteiger partial charge is 0.259 e. The van der Waals surface area contributed by atoms with Gasteiger partial charge in [0, 0.05) is 58.4 Å². The molecular formula is C26H34N4O3. The Balaban J connectivity index is 1.22. The first-order chi connectivity index (χ1) is 16.1. The fraction of sp³-hybridized carbons (Fsp3) is 0.500. The first-order valence-corrected chi connectivity index (χ1v) is 12.0. The SMILES string of the molecule is COc1ncccc1C(=O)N1CCCC(CCC(=O)N2CCN(Cc3ccccc3)CC2)C1. The van der Waals surface area contributed by atoms with Gasteiger partial charge in [-0.05, 0) is 42.9 Å². The highest BCUT2D eigenvalue weighted by Crippen LogP contribution is 2.25. The van der Waals surface area contributed by atoms with Gasteiger partial charge in [0.05, 0.1) is 7.11 Å². The van der Waals surface area contributed by atoms with Gasteiger partial charge in [-0.25, -0.2) is 4.98 Å². The molecule has 176 valence electrons. The van der Waals surface area contributed by atoms with Crippen LogP contribution in [0.4, 0.5) is 0 Å². The predicted molar refractivity (Wildman–Crippen MR) is 127 cm³/mol. The third kappa shape index (κ3) is 6.11. The number of ether oxygens (including phenoxy) is 1. The first-order valence-electron chi connectivity index (χ1n) is 12.0. The number of carbonyl (C=O) groups is 2. The minimum atomic E-state index is -0.0366. The number of amides is 2. The second-order valence-electron chi connectivity index (χ2n) is 9.00. The van der Waals surface area contributed by atoms with Crippen molar-refractivity contribution in [2.75, 3.05) is 46.4 Å². The van der Waals surface area contributed by atoms with E-state index in [9.17, 15) is 9.59 Å². The van der Waals surface area contributed by atoms with Gasteiger partial charge >= 0.3 is 0 Å². The van der Waals surface area contributed by atoms with E-state index in [2.05, 4.69) is 34.1 Å². The molecule has 1 atom stereocenters. The number of hydrogen-bond acceptors (Lipinski definition) is 5. The van der Waals surface area contributed by atoms with Crippen molar-refractivity contribution in [3.63, 3.8) is 0 Å². The summed E-state index contributed by atoms with van der Waals surface area (Å²) in [5.74, 6) is 0.928. The Morgan fingerprint density at radius 1 is 1.00 bits per heavy atom. The summed E-state index contributed by atoms with van der Waals surface area (Å²) in [6, 6.07) is 14.0. The molecule has 2 saturated heterocycles. The number of hydrogen-bond donors (Lipinski definition) is 0. The van der Waals surface area contributed by atoms with Crippen LogP contribution in [0.1, 0.15) is 41.6 Å². The van der Waals surface area contributed by atoms with Crippen molar-refractivity contribution in [3.8, 4) is 5.88 Å². The molecule has 1 aromatic carbocycles. The molecule has 2 amide bonds. The molecule has 33 heavy (non-hydrogen) atoms. The highest BCUT2D eigenvalue weighted by molar-refractivity contribution is 5.96. The molecule has 2 aromatic rings. The van der Waals surface area contributed by atoms with Crippen LogP contribution in [0.5, 0.6) is 5.88 Å². The lowest BCUT2D eigenvalue weighted by Crippen LogP contribution is -2.48. The number of piperazine rings is 1. The van der Waals surface area contributed by atoms with E-state index < -0.39 is 0 Å². The molecular weight excluding hydrogens is 416 g/mol. The summed E-state index contributed by atoms with van der Waals surface area (Å²) >= 11 is 0. The number of nitrogens with zero attached hydrogens (tertiary/aromatic N) is 4. The minimum absolute atomic E-state index is 0.0366. The summed E-state index contributed by atoms with van der Waals surface area (Å²) in [6.45, 7) is 5.79. The molecule has 3 heterocycles. The van der Waals surface area contributed by atoms with Crippen molar-refractivity contribution < 1.29 is 14.3 Å². The Morgan fingerprint density at radius 2 is 1.79 bits per heavy atom. The summed E-state index contributed by atoms with van der Waals surface area (Å²) in [5, 5.41) is 0. The number of carbonyl (C=O) groups excluding carboxylic acids is 2. The van der Waals surface area contributed by atoms with Crippen LogP contribution in [0.3, 0.4) is 0 Å². The Kier molecular flexibility index (Phi) is 7.94. The maximum absolute atomic E-state index is 13.0. The van der Waals surface area contributed by atoms with Crippen molar-refractivity contribution in [3.05, 3.63) is 59.8 Å². The number of piperidine rings is 1. The van der Waals surface area contributed by atoms with Crippen molar-refractivity contribution in [2.24, 2.45) is 5.92 Å². The topological polar surface area (TPSA) is 66.0 Å². The number of likely N-dealkylation sites (tertiary alicyclic amines) is 1. The molecule has 2 aliphatic rings. The van der Waals surface area contributed by atoms with E-state index >= 15 is 0 Å². The number of rotatable bonds is 7. The van der Waals surface area contributed by atoms with Crippen molar-refractivity contribution >= 4 is 11.8 Å². The van der Waals surface area contributed by atoms with Crippen molar-refractivity contribution in [2.45, 2.75) is 32.2 Å². The van der Waals surface area contributed by atoms with Gasteiger partial charge < -0.3 is 14.5 Å². The second kappa shape index (κ2) is 11.3. The number of methoxy groups -OCH3 is 1. The molecule has 7 heteroatoms. The van der Waals surface area contributed by atoms with Gasteiger partial charge in [0.25, 0.3) is 5.91 Å². The fourth-order valence-corrected chi connectivity index (χ4v) is 4.85. The fourth-order valence-electron chi connectivity index (χ4n) is 4.85. The Labute approximate surface area is 196 Å². The molecule has 1 unspecified atom stereocenters. The zero-order chi connectivity index (χ0) is 23.0. The minimum Gasteiger partial charge on any atom is -0.480 e. The van der Waals surface area contributed by atoms with E-state index in [1.54, 1.807) is 18.3 Å². The van der Waals surface area contributed by atoms with Crippen LogP contribution < -0.4 is 4.74 Å². The molecule has 2 fully saturated rings.